The molecule has 3 nitrogen and oxygen atoms in total. The van der Waals surface area contributed by atoms with Gasteiger partial charge in [0.25, 0.3) is 0 Å². The number of pyridine rings is 2. The molecule has 0 aromatic carbocycles. The van der Waals surface area contributed by atoms with E-state index < -0.39 is 0 Å². The molecule has 2 aromatic rings. The highest BCUT2D eigenvalue weighted by Gasteiger charge is 2.16. The van der Waals surface area contributed by atoms with Crippen molar-refractivity contribution < 1.29 is 0 Å². The molecular formula is C13H13N3. The van der Waals surface area contributed by atoms with Gasteiger partial charge in [0.1, 0.15) is 5.82 Å². The predicted molar refractivity (Wildman–Crippen MR) is 64.4 cm³/mol. The van der Waals surface area contributed by atoms with Crippen molar-refractivity contribution in [2.24, 2.45) is 0 Å². The fourth-order valence-electron chi connectivity index (χ4n) is 2.13. The summed E-state index contributed by atoms with van der Waals surface area (Å²) >= 11 is 0. The fraction of sp³-hybridized carbons (Fsp3) is 0.231. The third-order valence-electron chi connectivity index (χ3n) is 2.91. The molecule has 0 bridgehead atoms. The number of hydrogen-bond donors (Lipinski definition) is 1. The Bertz CT molecular complexity index is 534. The van der Waals surface area contributed by atoms with Crippen LogP contribution in [0.3, 0.4) is 0 Å². The van der Waals surface area contributed by atoms with Crippen molar-refractivity contribution in [1.82, 2.24) is 9.97 Å². The standard InChI is InChI=1S/C13H13N3/c1-9-2-5-14-12(8-9)10-3-6-15-13-11(10)4-7-16-13/h2-3,5-6,8H,4,7H2,1H3,(H,15,16). The van der Waals surface area contributed by atoms with Gasteiger partial charge in [-0.3, -0.25) is 4.98 Å². The van der Waals surface area contributed by atoms with Gasteiger partial charge in [-0.1, -0.05) is 0 Å². The average molecular weight is 211 g/mol. The number of fused-ring (bicyclic) bond motifs is 1. The molecule has 80 valence electrons. The van der Waals surface area contributed by atoms with Gasteiger partial charge in [0.2, 0.25) is 0 Å². The van der Waals surface area contributed by atoms with Crippen LogP contribution in [-0.2, 0) is 6.42 Å². The van der Waals surface area contributed by atoms with Gasteiger partial charge in [0.05, 0.1) is 5.69 Å². The maximum atomic E-state index is 4.43. The number of aromatic nitrogens is 2. The van der Waals surface area contributed by atoms with E-state index in [1.54, 1.807) is 0 Å². The van der Waals surface area contributed by atoms with Crippen molar-refractivity contribution in [1.29, 1.82) is 0 Å². The van der Waals surface area contributed by atoms with Crippen LogP contribution in [-0.4, -0.2) is 16.5 Å². The van der Waals surface area contributed by atoms with Crippen molar-refractivity contribution >= 4 is 5.82 Å². The smallest absolute Gasteiger partial charge is 0.129 e. The van der Waals surface area contributed by atoms with E-state index in [4.69, 9.17) is 0 Å². The quantitative estimate of drug-likeness (QED) is 0.787. The Hall–Kier alpha value is -1.90. The molecule has 0 amide bonds. The second-order valence-electron chi connectivity index (χ2n) is 4.08. The molecule has 0 radical (unpaired) electrons. The average Bonchev–Trinajstić information content (AvgIpc) is 2.76. The molecule has 0 saturated carbocycles. The molecule has 3 heterocycles. The highest BCUT2D eigenvalue weighted by molar-refractivity contribution is 5.71. The van der Waals surface area contributed by atoms with Crippen molar-refractivity contribution in [3.05, 3.63) is 41.7 Å². The van der Waals surface area contributed by atoms with Crippen LogP contribution in [0.15, 0.2) is 30.6 Å². The lowest BCUT2D eigenvalue weighted by Gasteiger charge is -2.06. The molecule has 0 fully saturated rings. The molecule has 1 aliphatic heterocycles. The first kappa shape index (κ1) is 9.33. The van der Waals surface area contributed by atoms with Crippen LogP contribution in [0.4, 0.5) is 5.82 Å². The van der Waals surface area contributed by atoms with E-state index in [9.17, 15) is 0 Å². The molecule has 0 atom stereocenters. The summed E-state index contributed by atoms with van der Waals surface area (Å²) in [6, 6.07) is 6.19. The van der Waals surface area contributed by atoms with Crippen LogP contribution in [0.2, 0.25) is 0 Å². The van der Waals surface area contributed by atoms with Crippen LogP contribution in [0.25, 0.3) is 11.3 Å². The molecule has 0 aliphatic carbocycles. The largest absolute Gasteiger partial charge is 0.369 e. The number of nitrogens with zero attached hydrogens (tertiary/aromatic N) is 2. The molecule has 0 spiro atoms. The molecular weight excluding hydrogens is 198 g/mol. The van der Waals surface area contributed by atoms with E-state index in [0.29, 0.717) is 0 Å². The van der Waals surface area contributed by atoms with E-state index in [0.717, 1.165) is 24.5 Å². The van der Waals surface area contributed by atoms with Gasteiger partial charge in [-0.25, -0.2) is 4.98 Å². The van der Waals surface area contributed by atoms with E-state index in [2.05, 4.69) is 28.3 Å². The minimum atomic E-state index is 0.977. The van der Waals surface area contributed by atoms with Gasteiger partial charge in [0, 0.05) is 30.1 Å². The van der Waals surface area contributed by atoms with Crippen LogP contribution >= 0.6 is 0 Å². The van der Waals surface area contributed by atoms with Crippen LogP contribution in [0.5, 0.6) is 0 Å². The zero-order valence-corrected chi connectivity index (χ0v) is 9.20. The van der Waals surface area contributed by atoms with E-state index in [-0.39, 0.29) is 0 Å². The molecule has 16 heavy (non-hydrogen) atoms. The summed E-state index contributed by atoms with van der Waals surface area (Å²) in [7, 11) is 0. The minimum Gasteiger partial charge on any atom is -0.369 e. The molecule has 1 N–H and O–H groups in total. The van der Waals surface area contributed by atoms with E-state index in [1.807, 2.05) is 24.5 Å². The molecule has 1 aliphatic rings. The third-order valence-corrected chi connectivity index (χ3v) is 2.91. The summed E-state index contributed by atoms with van der Waals surface area (Å²) < 4.78 is 0. The first-order chi connectivity index (χ1) is 7.84. The second-order valence-corrected chi connectivity index (χ2v) is 4.08. The number of hydrogen-bond acceptors (Lipinski definition) is 3. The Labute approximate surface area is 94.6 Å². The molecule has 3 rings (SSSR count). The Morgan fingerprint density at radius 3 is 2.94 bits per heavy atom. The number of anilines is 1. The zero-order chi connectivity index (χ0) is 11.0. The highest BCUT2D eigenvalue weighted by atomic mass is 15.0. The fourth-order valence-corrected chi connectivity index (χ4v) is 2.13. The summed E-state index contributed by atoms with van der Waals surface area (Å²) in [4.78, 5) is 8.76. The van der Waals surface area contributed by atoms with Gasteiger partial charge in [0.15, 0.2) is 0 Å². The molecule has 0 unspecified atom stereocenters. The predicted octanol–water partition coefficient (Wildman–Crippen LogP) is 2.42. The number of rotatable bonds is 1. The molecule has 2 aromatic heterocycles. The van der Waals surface area contributed by atoms with Gasteiger partial charge in [-0.15, -0.1) is 0 Å². The van der Waals surface area contributed by atoms with Crippen molar-refractivity contribution in [2.45, 2.75) is 13.3 Å². The van der Waals surface area contributed by atoms with Crippen LogP contribution in [0.1, 0.15) is 11.1 Å². The summed E-state index contributed by atoms with van der Waals surface area (Å²) in [6.07, 6.45) is 4.74. The number of nitrogens with one attached hydrogen (secondary N) is 1. The highest BCUT2D eigenvalue weighted by Crippen LogP contribution is 2.30. The van der Waals surface area contributed by atoms with Crippen molar-refractivity contribution in [2.75, 3.05) is 11.9 Å². The van der Waals surface area contributed by atoms with Crippen LogP contribution in [0, 0.1) is 6.92 Å². The Morgan fingerprint density at radius 1 is 1.19 bits per heavy atom. The number of aryl methyl sites for hydroxylation is 1. The monoisotopic (exact) mass is 211 g/mol. The maximum absolute atomic E-state index is 4.43. The zero-order valence-electron chi connectivity index (χ0n) is 9.20. The Morgan fingerprint density at radius 2 is 2.06 bits per heavy atom. The summed E-state index contributed by atoms with van der Waals surface area (Å²) in [5.41, 5.74) is 4.78. The lowest BCUT2D eigenvalue weighted by Crippen LogP contribution is -1.92. The van der Waals surface area contributed by atoms with Crippen molar-refractivity contribution in [3.8, 4) is 11.3 Å². The van der Waals surface area contributed by atoms with Gasteiger partial charge >= 0.3 is 0 Å². The SMILES string of the molecule is Cc1ccnc(-c2ccnc3c2CCN3)c1. The minimum absolute atomic E-state index is 0.977. The Balaban J connectivity index is 2.17. The lowest BCUT2D eigenvalue weighted by molar-refractivity contribution is 1.10. The van der Waals surface area contributed by atoms with E-state index in [1.165, 1.54) is 16.7 Å². The van der Waals surface area contributed by atoms with E-state index >= 15 is 0 Å². The lowest BCUT2D eigenvalue weighted by atomic mass is 10.0. The summed E-state index contributed by atoms with van der Waals surface area (Å²) in [5.74, 6) is 1.01. The summed E-state index contributed by atoms with van der Waals surface area (Å²) in [6.45, 7) is 3.07. The topological polar surface area (TPSA) is 37.8 Å². The van der Waals surface area contributed by atoms with Gasteiger partial charge in [-0.05, 0) is 37.1 Å². The molecule has 3 heteroatoms. The van der Waals surface area contributed by atoms with Crippen molar-refractivity contribution in [3.63, 3.8) is 0 Å². The first-order valence-electron chi connectivity index (χ1n) is 5.49. The van der Waals surface area contributed by atoms with Gasteiger partial charge < -0.3 is 5.32 Å². The summed E-state index contributed by atoms with van der Waals surface area (Å²) in [5, 5.41) is 3.29. The first-order valence-corrected chi connectivity index (χ1v) is 5.49. The normalized spacial score (nSPS) is 13.3. The second kappa shape index (κ2) is 3.59. The van der Waals surface area contributed by atoms with Crippen LogP contribution < -0.4 is 5.32 Å². The Kier molecular flexibility index (Phi) is 2.10. The van der Waals surface area contributed by atoms with Gasteiger partial charge in [-0.2, -0.15) is 0 Å². The molecule has 0 saturated heterocycles. The maximum Gasteiger partial charge on any atom is 0.129 e. The third kappa shape index (κ3) is 1.45.